The normalized spacial score (nSPS) is 10.8. The number of hydrogen-bond acceptors (Lipinski definition) is 1. The molecule has 0 aliphatic rings. The fourth-order valence-corrected chi connectivity index (χ4v) is 2.32. The second-order valence-electron chi connectivity index (χ2n) is 4.54. The molecule has 2 aromatic carbocycles. The summed E-state index contributed by atoms with van der Waals surface area (Å²) in [5.74, 6) is -0.249. The Hall–Kier alpha value is -2.22. The molecule has 0 fully saturated rings. The van der Waals surface area contributed by atoms with Gasteiger partial charge in [0, 0.05) is 17.0 Å². The lowest BCUT2D eigenvalue weighted by Gasteiger charge is -2.08. The molecule has 0 saturated heterocycles. The van der Waals surface area contributed by atoms with E-state index in [9.17, 15) is 4.39 Å². The summed E-state index contributed by atoms with van der Waals surface area (Å²) >= 11 is 0. The first-order valence-electron chi connectivity index (χ1n) is 6.42. The lowest BCUT2D eigenvalue weighted by atomic mass is 10.0. The number of nitrogens with zero attached hydrogens (tertiary/aromatic N) is 1. The average molecular weight is 251 g/mol. The van der Waals surface area contributed by atoms with Gasteiger partial charge in [-0.25, -0.2) is 9.37 Å². The van der Waals surface area contributed by atoms with Crippen molar-refractivity contribution >= 4 is 10.9 Å². The molecule has 0 saturated carbocycles. The maximum atomic E-state index is 13.3. The maximum absolute atomic E-state index is 13.3. The molecular weight excluding hydrogens is 237 g/mol. The van der Waals surface area contributed by atoms with Crippen molar-refractivity contribution in [3.63, 3.8) is 0 Å². The molecule has 0 aliphatic carbocycles. The van der Waals surface area contributed by atoms with E-state index >= 15 is 0 Å². The predicted octanol–water partition coefficient (Wildman–Crippen LogP) is 4.60. The molecule has 3 aromatic rings. The van der Waals surface area contributed by atoms with Gasteiger partial charge < -0.3 is 0 Å². The highest BCUT2D eigenvalue weighted by Crippen LogP contribution is 2.25. The zero-order valence-electron chi connectivity index (χ0n) is 10.7. The van der Waals surface area contributed by atoms with Crippen molar-refractivity contribution in [2.45, 2.75) is 13.3 Å². The minimum atomic E-state index is -0.249. The molecule has 0 atom stereocenters. The second-order valence-corrected chi connectivity index (χ2v) is 4.54. The van der Waals surface area contributed by atoms with Crippen LogP contribution >= 0.6 is 0 Å². The van der Waals surface area contributed by atoms with E-state index in [1.165, 1.54) is 17.7 Å². The lowest BCUT2D eigenvalue weighted by molar-refractivity contribution is 0.629. The van der Waals surface area contributed by atoms with Crippen molar-refractivity contribution in [3.8, 4) is 11.3 Å². The van der Waals surface area contributed by atoms with Gasteiger partial charge in [-0.1, -0.05) is 37.3 Å². The van der Waals surface area contributed by atoms with Crippen molar-refractivity contribution in [2.75, 3.05) is 0 Å². The summed E-state index contributed by atoms with van der Waals surface area (Å²) < 4.78 is 13.3. The molecule has 0 N–H and O–H groups in total. The van der Waals surface area contributed by atoms with Crippen LogP contribution in [0.1, 0.15) is 12.5 Å². The van der Waals surface area contributed by atoms with Gasteiger partial charge in [0.1, 0.15) is 5.82 Å². The minimum Gasteiger partial charge on any atom is -0.248 e. The third-order valence-corrected chi connectivity index (χ3v) is 3.33. The van der Waals surface area contributed by atoms with E-state index in [0.29, 0.717) is 5.52 Å². The van der Waals surface area contributed by atoms with Gasteiger partial charge in [0.15, 0.2) is 0 Å². The van der Waals surface area contributed by atoms with Crippen molar-refractivity contribution in [1.29, 1.82) is 0 Å². The highest BCUT2D eigenvalue weighted by Gasteiger charge is 2.06. The van der Waals surface area contributed by atoms with Gasteiger partial charge in [0.25, 0.3) is 0 Å². The Balaban J connectivity index is 2.20. The molecule has 2 heteroatoms. The molecule has 0 radical (unpaired) electrons. The van der Waals surface area contributed by atoms with E-state index in [1.54, 1.807) is 6.07 Å². The second kappa shape index (κ2) is 4.81. The van der Waals surface area contributed by atoms with Crippen LogP contribution in [0, 0.1) is 5.82 Å². The predicted molar refractivity (Wildman–Crippen MR) is 76.5 cm³/mol. The summed E-state index contributed by atoms with van der Waals surface area (Å²) in [6.07, 6.45) is 0.957. The van der Waals surface area contributed by atoms with Crippen LogP contribution in [0.5, 0.6) is 0 Å². The van der Waals surface area contributed by atoms with Crippen LogP contribution in [0.15, 0.2) is 54.6 Å². The molecule has 19 heavy (non-hydrogen) atoms. The van der Waals surface area contributed by atoms with Gasteiger partial charge in [-0.15, -0.1) is 0 Å². The Morgan fingerprint density at radius 2 is 1.79 bits per heavy atom. The number of rotatable bonds is 2. The fourth-order valence-electron chi connectivity index (χ4n) is 2.32. The van der Waals surface area contributed by atoms with Crippen LogP contribution in [-0.4, -0.2) is 4.98 Å². The fraction of sp³-hybridized carbons (Fsp3) is 0.118. The van der Waals surface area contributed by atoms with Crippen LogP contribution in [0.25, 0.3) is 22.2 Å². The third kappa shape index (κ3) is 2.22. The number of halogens is 1. The monoisotopic (exact) mass is 251 g/mol. The Morgan fingerprint density at radius 3 is 2.63 bits per heavy atom. The summed E-state index contributed by atoms with van der Waals surface area (Å²) in [7, 11) is 0. The average Bonchev–Trinajstić information content (AvgIpc) is 2.46. The Kier molecular flexibility index (Phi) is 3.00. The summed E-state index contributed by atoms with van der Waals surface area (Å²) in [4.78, 5) is 4.57. The Labute approximate surface area is 111 Å². The first-order chi connectivity index (χ1) is 9.28. The van der Waals surface area contributed by atoms with Crippen LogP contribution in [0.3, 0.4) is 0 Å². The molecule has 0 unspecified atom stereocenters. The SMILES string of the molecule is CCc1ccccc1-c1ccc2ccc(F)cc2n1. The quantitative estimate of drug-likeness (QED) is 0.648. The lowest BCUT2D eigenvalue weighted by Crippen LogP contribution is -1.91. The van der Waals surface area contributed by atoms with E-state index < -0.39 is 0 Å². The molecule has 0 amide bonds. The third-order valence-electron chi connectivity index (χ3n) is 3.33. The summed E-state index contributed by atoms with van der Waals surface area (Å²) in [5.41, 5.74) is 3.97. The number of hydrogen-bond donors (Lipinski definition) is 0. The molecule has 0 spiro atoms. The van der Waals surface area contributed by atoms with Crippen LogP contribution in [-0.2, 0) is 6.42 Å². The highest BCUT2D eigenvalue weighted by molar-refractivity contribution is 5.82. The van der Waals surface area contributed by atoms with Gasteiger partial charge in [-0.2, -0.15) is 0 Å². The van der Waals surface area contributed by atoms with Crippen molar-refractivity contribution < 1.29 is 4.39 Å². The molecule has 1 aromatic heterocycles. The Morgan fingerprint density at radius 1 is 1.00 bits per heavy atom. The largest absolute Gasteiger partial charge is 0.248 e. The number of aryl methyl sites for hydroxylation is 1. The van der Waals surface area contributed by atoms with E-state index in [-0.39, 0.29) is 5.82 Å². The molecule has 1 nitrogen and oxygen atoms in total. The van der Waals surface area contributed by atoms with Gasteiger partial charge in [0.05, 0.1) is 11.2 Å². The van der Waals surface area contributed by atoms with Crippen LogP contribution in [0.2, 0.25) is 0 Å². The highest BCUT2D eigenvalue weighted by atomic mass is 19.1. The first kappa shape index (κ1) is 11.8. The first-order valence-corrected chi connectivity index (χ1v) is 6.42. The number of fused-ring (bicyclic) bond motifs is 1. The van der Waals surface area contributed by atoms with Crippen molar-refractivity contribution in [2.24, 2.45) is 0 Å². The summed E-state index contributed by atoms with van der Waals surface area (Å²) in [6, 6.07) is 16.9. The summed E-state index contributed by atoms with van der Waals surface area (Å²) in [5, 5.41) is 0.958. The van der Waals surface area contributed by atoms with E-state index in [2.05, 4.69) is 24.0 Å². The van der Waals surface area contributed by atoms with Gasteiger partial charge in [-0.05, 0) is 30.2 Å². The van der Waals surface area contributed by atoms with Gasteiger partial charge >= 0.3 is 0 Å². The molecule has 1 heterocycles. The van der Waals surface area contributed by atoms with Crippen LogP contribution < -0.4 is 0 Å². The summed E-state index contributed by atoms with van der Waals surface area (Å²) in [6.45, 7) is 2.12. The van der Waals surface area contributed by atoms with E-state index in [1.807, 2.05) is 24.3 Å². The topological polar surface area (TPSA) is 12.9 Å². The van der Waals surface area contributed by atoms with Crippen LogP contribution in [0.4, 0.5) is 4.39 Å². The molecular formula is C17H14FN. The molecule has 94 valence electrons. The standard InChI is InChI=1S/C17H14FN/c1-2-12-5-3-4-6-15(12)16-10-8-13-7-9-14(18)11-17(13)19-16/h3-11H,2H2,1H3. The smallest absolute Gasteiger partial charge is 0.125 e. The Bertz CT molecular complexity index is 734. The minimum absolute atomic E-state index is 0.249. The van der Waals surface area contributed by atoms with Crippen molar-refractivity contribution in [3.05, 3.63) is 66.0 Å². The van der Waals surface area contributed by atoms with E-state index in [4.69, 9.17) is 0 Å². The molecule has 3 rings (SSSR count). The maximum Gasteiger partial charge on any atom is 0.125 e. The van der Waals surface area contributed by atoms with Crippen molar-refractivity contribution in [1.82, 2.24) is 4.98 Å². The number of aromatic nitrogens is 1. The molecule has 0 bridgehead atoms. The van der Waals surface area contributed by atoms with Gasteiger partial charge in [0.2, 0.25) is 0 Å². The number of pyridine rings is 1. The zero-order valence-corrected chi connectivity index (χ0v) is 10.7. The molecule has 0 aliphatic heterocycles. The number of benzene rings is 2. The van der Waals surface area contributed by atoms with Gasteiger partial charge in [-0.3, -0.25) is 0 Å². The van der Waals surface area contributed by atoms with E-state index in [0.717, 1.165) is 23.1 Å². The zero-order chi connectivity index (χ0) is 13.2.